The van der Waals surface area contributed by atoms with Crippen molar-refractivity contribution in [3.8, 4) is 10.6 Å². The molecule has 2 heterocycles. The number of halogens is 2. The first kappa shape index (κ1) is 20.3. The van der Waals surface area contributed by atoms with Gasteiger partial charge in [-0.1, -0.05) is 48.0 Å². The average Bonchev–Trinajstić information content (AvgIpc) is 3.26. The Bertz CT molecular complexity index is 1110. The molecule has 0 bridgehead atoms. The van der Waals surface area contributed by atoms with Crippen molar-refractivity contribution in [3.05, 3.63) is 69.1 Å². The first-order chi connectivity index (χ1) is 12.8. The first-order valence-electron chi connectivity index (χ1n) is 8.33. The van der Waals surface area contributed by atoms with E-state index in [0.717, 1.165) is 30.8 Å². The Morgan fingerprint density at radius 3 is 2.63 bits per heavy atom. The van der Waals surface area contributed by atoms with Crippen LogP contribution in [0.3, 0.4) is 0 Å². The summed E-state index contributed by atoms with van der Waals surface area (Å²) in [5.74, 6) is 0. The van der Waals surface area contributed by atoms with E-state index < -0.39 is 0 Å². The van der Waals surface area contributed by atoms with Crippen LogP contribution in [0.2, 0.25) is 4.34 Å². The van der Waals surface area contributed by atoms with E-state index in [1.54, 1.807) is 22.7 Å². The molecule has 0 saturated carbocycles. The van der Waals surface area contributed by atoms with Gasteiger partial charge in [-0.25, -0.2) is 4.99 Å². The molecule has 7 heteroatoms. The predicted molar refractivity (Wildman–Crippen MR) is 122 cm³/mol. The van der Waals surface area contributed by atoms with Crippen molar-refractivity contribution in [1.29, 1.82) is 0 Å². The average molecular weight is 482 g/mol. The number of fused-ring (bicyclic) bond motifs is 1. The van der Waals surface area contributed by atoms with Crippen molar-refractivity contribution in [1.82, 2.24) is 4.57 Å². The maximum Gasteiger partial charge on any atom is 0.190 e. The van der Waals surface area contributed by atoms with Gasteiger partial charge >= 0.3 is 0 Å². The van der Waals surface area contributed by atoms with Crippen LogP contribution in [-0.4, -0.2) is 16.3 Å². The number of rotatable bonds is 5. The Morgan fingerprint density at radius 1 is 1.04 bits per heavy atom. The number of hydrogen-bond acceptors (Lipinski definition) is 4. The van der Waals surface area contributed by atoms with Gasteiger partial charge < -0.3 is 9.67 Å². The van der Waals surface area contributed by atoms with E-state index in [4.69, 9.17) is 16.6 Å². The lowest BCUT2D eigenvalue weighted by Crippen LogP contribution is -2.16. The van der Waals surface area contributed by atoms with Crippen LogP contribution in [0.4, 0.5) is 5.69 Å². The summed E-state index contributed by atoms with van der Waals surface area (Å²) in [6.45, 7) is 0.871. The third-order valence-electron chi connectivity index (χ3n) is 4.15. The Kier molecular flexibility index (Phi) is 6.89. The molecule has 4 aromatic rings. The summed E-state index contributed by atoms with van der Waals surface area (Å²) in [6, 6.07) is 18.4. The van der Waals surface area contributed by atoms with Crippen molar-refractivity contribution in [2.75, 3.05) is 6.61 Å². The SMILES string of the molecule is Br.OCCCn1c(-c2ccc(Cl)s2)csc1=Nc1cccc2ccccc12. The monoisotopic (exact) mass is 480 g/mol. The standard InChI is InChI=1S/C20H17ClN2OS2.BrH/c21-19-10-9-18(26-19)17-13-25-20(23(17)11-4-12-24)22-16-8-3-6-14-5-1-2-7-15(14)16;/h1-3,5-10,13,24H,4,11-12H2;1H. The van der Waals surface area contributed by atoms with E-state index in [1.165, 1.54) is 5.39 Å². The molecule has 0 unspecified atom stereocenters. The van der Waals surface area contributed by atoms with Gasteiger partial charge in [-0.3, -0.25) is 0 Å². The maximum atomic E-state index is 9.29. The van der Waals surface area contributed by atoms with Crippen molar-refractivity contribution < 1.29 is 5.11 Å². The van der Waals surface area contributed by atoms with Gasteiger partial charge in [0.15, 0.2) is 4.80 Å². The second-order valence-corrected chi connectivity index (χ2v) is 8.40. The second kappa shape index (κ2) is 9.17. The van der Waals surface area contributed by atoms with Crippen molar-refractivity contribution in [2.45, 2.75) is 13.0 Å². The molecule has 3 nitrogen and oxygen atoms in total. The molecule has 0 aliphatic rings. The fourth-order valence-electron chi connectivity index (χ4n) is 2.92. The van der Waals surface area contributed by atoms with Crippen LogP contribution in [0.5, 0.6) is 0 Å². The number of hydrogen-bond donors (Lipinski definition) is 1. The molecule has 0 atom stereocenters. The molecule has 2 aromatic heterocycles. The molecule has 4 rings (SSSR count). The largest absolute Gasteiger partial charge is 0.396 e. The minimum absolute atomic E-state index is 0. The first-order valence-corrected chi connectivity index (χ1v) is 10.4. The summed E-state index contributed by atoms with van der Waals surface area (Å²) in [5, 5.41) is 13.7. The lowest BCUT2D eigenvalue weighted by molar-refractivity contribution is 0.279. The minimum Gasteiger partial charge on any atom is -0.396 e. The van der Waals surface area contributed by atoms with Crippen molar-refractivity contribution in [3.63, 3.8) is 0 Å². The summed E-state index contributed by atoms with van der Waals surface area (Å²) in [4.78, 5) is 6.99. The molecule has 0 amide bonds. The zero-order valence-corrected chi connectivity index (χ0v) is 18.4. The molecule has 0 radical (unpaired) electrons. The van der Waals surface area contributed by atoms with Crippen molar-refractivity contribution in [2.24, 2.45) is 4.99 Å². The smallest absolute Gasteiger partial charge is 0.190 e. The highest BCUT2D eigenvalue weighted by atomic mass is 79.9. The third-order valence-corrected chi connectivity index (χ3v) is 6.26. The summed E-state index contributed by atoms with van der Waals surface area (Å²) in [6.07, 6.45) is 0.686. The van der Waals surface area contributed by atoms with Gasteiger partial charge in [0.1, 0.15) is 0 Å². The summed E-state index contributed by atoms with van der Waals surface area (Å²) in [7, 11) is 0. The van der Waals surface area contributed by atoms with Crippen LogP contribution in [0.15, 0.2) is 65.0 Å². The normalized spacial score (nSPS) is 11.7. The van der Waals surface area contributed by atoms with E-state index >= 15 is 0 Å². The predicted octanol–water partition coefficient (Wildman–Crippen LogP) is 6.28. The Morgan fingerprint density at radius 2 is 1.85 bits per heavy atom. The Labute approximate surface area is 181 Å². The quantitative estimate of drug-likeness (QED) is 0.358. The van der Waals surface area contributed by atoms with Crippen LogP contribution >= 0.6 is 51.3 Å². The summed E-state index contributed by atoms with van der Waals surface area (Å²) >= 11 is 9.29. The number of aliphatic hydroxyl groups is 1. The fraction of sp³-hybridized carbons (Fsp3) is 0.150. The van der Waals surface area contributed by atoms with Gasteiger partial charge in [0.05, 0.1) is 20.6 Å². The molecule has 0 aliphatic carbocycles. The van der Waals surface area contributed by atoms with E-state index in [1.807, 2.05) is 36.4 Å². The fourth-order valence-corrected chi connectivity index (χ4v) is 5.00. The van der Waals surface area contributed by atoms with Crippen LogP contribution in [0.1, 0.15) is 6.42 Å². The third kappa shape index (κ3) is 4.36. The van der Waals surface area contributed by atoms with E-state index in [0.29, 0.717) is 13.0 Å². The molecular formula is C20H18BrClN2OS2. The van der Waals surface area contributed by atoms with Gasteiger partial charge in [0, 0.05) is 23.9 Å². The van der Waals surface area contributed by atoms with E-state index in [9.17, 15) is 5.11 Å². The van der Waals surface area contributed by atoms with Gasteiger partial charge in [-0.05, 0) is 30.0 Å². The highest BCUT2D eigenvalue weighted by Crippen LogP contribution is 2.32. The number of benzene rings is 2. The van der Waals surface area contributed by atoms with Crippen LogP contribution in [0, 0.1) is 0 Å². The minimum atomic E-state index is 0. The molecule has 0 spiro atoms. The lowest BCUT2D eigenvalue weighted by atomic mass is 10.1. The van der Waals surface area contributed by atoms with Crippen LogP contribution < -0.4 is 4.80 Å². The van der Waals surface area contributed by atoms with Crippen molar-refractivity contribution >= 4 is 67.7 Å². The topological polar surface area (TPSA) is 37.5 Å². The summed E-state index contributed by atoms with van der Waals surface area (Å²) < 4.78 is 2.94. The van der Waals surface area contributed by atoms with E-state index in [2.05, 4.69) is 28.1 Å². The molecule has 0 aliphatic heterocycles. The van der Waals surface area contributed by atoms with Gasteiger partial charge in [-0.15, -0.1) is 39.7 Å². The van der Waals surface area contributed by atoms with Crippen LogP contribution in [-0.2, 0) is 6.54 Å². The van der Waals surface area contributed by atoms with Gasteiger partial charge in [0.2, 0.25) is 0 Å². The Hall–Kier alpha value is -1.44. The molecular weight excluding hydrogens is 464 g/mol. The van der Waals surface area contributed by atoms with E-state index in [-0.39, 0.29) is 23.6 Å². The number of nitrogens with zero attached hydrogens (tertiary/aromatic N) is 2. The molecule has 140 valence electrons. The Balaban J connectivity index is 0.00000210. The summed E-state index contributed by atoms with van der Waals surface area (Å²) in [5.41, 5.74) is 2.05. The number of thiazole rings is 1. The highest BCUT2D eigenvalue weighted by molar-refractivity contribution is 8.93. The second-order valence-electron chi connectivity index (χ2n) is 5.85. The molecule has 1 N–H and O–H groups in total. The number of aliphatic hydroxyl groups excluding tert-OH is 1. The number of aromatic nitrogens is 1. The molecule has 2 aromatic carbocycles. The molecule has 0 fully saturated rings. The zero-order valence-electron chi connectivity index (χ0n) is 14.3. The number of thiophene rings is 1. The highest BCUT2D eigenvalue weighted by Gasteiger charge is 2.10. The lowest BCUT2D eigenvalue weighted by Gasteiger charge is -2.07. The van der Waals surface area contributed by atoms with Crippen LogP contribution in [0.25, 0.3) is 21.3 Å². The van der Waals surface area contributed by atoms with Gasteiger partial charge in [-0.2, -0.15) is 0 Å². The zero-order chi connectivity index (χ0) is 17.9. The molecule has 0 saturated heterocycles. The molecule has 27 heavy (non-hydrogen) atoms. The van der Waals surface area contributed by atoms with Gasteiger partial charge in [0.25, 0.3) is 0 Å². The maximum absolute atomic E-state index is 9.29.